The number of nitrogens with zero attached hydrogens (tertiary/aromatic N) is 3. The molecule has 5 rings (SSSR count). The van der Waals surface area contributed by atoms with Crippen LogP contribution < -0.4 is 5.56 Å². The van der Waals surface area contributed by atoms with Gasteiger partial charge < -0.3 is 4.98 Å². The van der Waals surface area contributed by atoms with Gasteiger partial charge in [0.2, 0.25) is 0 Å². The molecule has 0 saturated heterocycles. The highest BCUT2D eigenvalue weighted by atomic mass is 35.5. The highest BCUT2D eigenvalue weighted by Gasteiger charge is 2.19. The second-order valence-electron chi connectivity index (χ2n) is 7.52. The molecule has 0 fully saturated rings. The fourth-order valence-corrected chi connectivity index (χ4v) is 3.92. The Bertz CT molecular complexity index is 1470. The fourth-order valence-electron chi connectivity index (χ4n) is 3.79. The van der Waals surface area contributed by atoms with Gasteiger partial charge in [0.15, 0.2) is 11.2 Å². The van der Waals surface area contributed by atoms with E-state index in [1.54, 1.807) is 0 Å². The summed E-state index contributed by atoms with van der Waals surface area (Å²) in [6, 6.07) is 23.3. The van der Waals surface area contributed by atoms with E-state index in [0.717, 1.165) is 27.9 Å². The summed E-state index contributed by atoms with van der Waals surface area (Å²) >= 11 is 6.08. The molecule has 3 aromatic carbocycles. The summed E-state index contributed by atoms with van der Waals surface area (Å²) in [7, 11) is 0. The number of aromatic amines is 1. The first kappa shape index (κ1) is 19.3. The van der Waals surface area contributed by atoms with E-state index in [1.807, 2.05) is 85.1 Å². The third kappa shape index (κ3) is 3.43. The molecule has 0 amide bonds. The Hall–Kier alpha value is -3.70. The molecule has 5 nitrogen and oxygen atoms in total. The number of hydrogen-bond donors (Lipinski definition) is 1. The number of nitrogens with one attached hydrogen (secondary N) is 1. The molecule has 0 radical (unpaired) electrons. The Labute approximate surface area is 184 Å². The third-order valence-corrected chi connectivity index (χ3v) is 5.52. The molecule has 6 heteroatoms. The van der Waals surface area contributed by atoms with Crippen molar-refractivity contribution in [3.05, 3.63) is 99.3 Å². The van der Waals surface area contributed by atoms with Crippen LogP contribution in [0.1, 0.15) is 11.1 Å². The minimum atomic E-state index is -0.273. The summed E-state index contributed by atoms with van der Waals surface area (Å²) in [5.41, 5.74) is 5.34. The molecule has 2 heterocycles. The van der Waals surface area contributed by atoms with Crippen molar-refractivity contribution in [2.24, 2.45) is 0 Å². The molecule has 0 bridgehead atoms. The number of fused-ring (bicyclic) bond motifs is 1. The van der Waals surface area contributed by atoms with E-state index in [1.165, 1.54) is 0 Å². The van der Waals surface area contributed by atoms with Gasteiger partial charge in [-0.05, 0) is 55.8 Å². The summed E-state index contributed by atoms with van der Waals surface area (Å²) in [5.74, 6) is 1.16. The monoisotopic (exact) mass is 426 g/mol. The largest absolute Gasteiger partial charge is 0.305 e. The Morgan fingerprint density at radius 1 is 0.903 bits per heavy atom. The van der Waals surface area contributed by atoms with Gasteiger partial charge in [0.05, 0.1) is 0 Å². The summed E-state index contributed by atoms with van der Waals surface area (Å²) in [4.78, 5) is 25.5. The van der Waals surface area contributed by atoms with Crippen LogP contribution in [0.3, 0.4) is 0 Å². The highest BCUT2D eigenvalue weighted by Crippen LogP contribution is 2.29. The zero-order valence-electron chi connectivity index (χ0n) is 17.1. The molecule has 5 aromatic rings. The van der Waals surface area contributed by atoms with Crippen LogP contribution in [0.15, 0.2) is 77.6 Å². The van der Waals surface area contributed by atoms with Gasteiger partial charge in [0, 0.05) is 21.8 Å². The predicted octanol–water partition coefficient (Wildman–Crippen LogP) is 5.71. The summed E-state index contributed by atoms with van der Waals surface area (Å²) < 4.78 is 1.92. The first-order valence-electron chi connectivity index (χ1n) is 9.93. The van der Waals surface area contributed by atoms with Gasteiger partial charge in [-0.15, -0.1) is 0 Å². The van der Waals surface area contributed by atoms with Gasteiger partial charge >= 0.3 is 0 Å². The molecule has 0 aliphatic carbocycles. The van der Waals surface area contributed by atoms with Crippen molar-refractivity contribution >= 4 is 22.8 Å². The minimum Gasteiger partial charge on any atom is -0.305 e. The molecule has 1 N–H and O–H groups in total. The number of halogens is 1. The predicted molar refractivity (Wildman–Crippen MR) is 125 cm³/mol. The lowest BCUT2D eigenvalue weighted by molar-refractivity contribution is 1.06. The van der Waals surface area contributed by atoms with E-state index in [9.17, 15) is 4.79 Å². The second kappa shape index (κ2) is 7.52. The molecule has 0 unspecified atom stereocenters. The van der Waals surface area contributed by atoms with Crippen LogP contribution in [0.4, 0.5) is 0 Å². The third-order valence-electron chi connectivity index (χ3n) is 5.27. The van der Waals surface area contributed by atoms with Gasteiger partial charge in [-0.3, -0.25) is 9.36 Å². The van der Waals surface area contributed by atoms with E-state index in [-0.39, 0.29) is 5.56 Å². The van der Waals surface area contributed by atoms with Crippen molar-refractivity contribution in [3.63, 3.8) is 0 Å². The van der Waals surface area contributed by atoms with Crippen LogP contribution >= 0.6 is 11.6 Å². The highest BCUT2D eigenvalue weighted by molar-refractivity contribution is 6.30. The van der Waals surface area contributed by atoms with Gasteiger partial charge in [-0.2, -0.15) is 0 Å². The first-order chi connectivity index (χ1) is 15.0. The molecule has 0 aliphatic heterocycles. The van der Waals surface area contributed by atoms with E-state index in [0.29, 0.717) is 27.8 Å². The SMILES string of the molecule is Cc1ccc(-c2nc3c(nc(-c4ccc(Cl)cc4)n3-c3ccccc3)c(=O)[nH]2)c(C)c1. The Morgan fingerprint density at radius 3 is 2.35 bits per heavy atom. The maximum absolute atomic E-state index is 13.0. The van der Waals surface area contributed by atoms with Gasteiger partial charge in [0.25, 0.3) is 5.56 Å². The molecule has 152 valence electrons. The van der Waals surface area contributed by atoms with Crippen molar-refractivity contribution in [1.29, 1.82) is 0 Å². The van der Waals surface area contributed by atoms with Crippen molar-refractivity contribution < 1.29 is 0 Å². The Balaban J connectivity index is 1.84. The molecule has 0 spiro atoms. The zero-order valence-corrected chi connectivity index (χ0v) is 17.8. The first-order valence-corrected chi connectivity index (χ1v) is 10.3. The lowest BCUT2D eigenvalue weighted by Crippen LogP contribution is -2.11. The minimum absolute atomic E-state index is 0.273. The second-order valence-corrected chi connectivity index (χ2v) is 7.95. The van der Waals surface area contributed by atoms with Crippen molar-refractivity contribution in [2.45, 2.75) is 13.8 Å². The number of hydrogen-bond acceptors (Lipinski definition) is 3. The summed E-state index contributed by atoms with van der Waals surface area (Å²) in [6.45, 7) is 4.05. The average molecular weight is 427 g/mol. The van der Waals surface area contributed by atoms with Gasteiger partial charge in [-0.25, -0.2) is 9.97 Å². The number of aromatic nitrogens is 4. The summed E-state index contributed by atoms with van der Waals surface area (Å²) in [6.07, 6.45) is 0. The molecule has 0 saturated carbocycles. The molecular formula is C25H19ClN4O. The molecule has 2 aromatic heterocycles. The zero-order chi connectivity index (χ0) is 21.5. The van der Waals surface area contributed by atoms with E-state index in [2.05, 4.69) is 16.0 Å². The number of H-pyrrole nitrogens is 1. The lowest BCUT2D eigenvalue weighted by atomic mass is 10.1. The van der Waals surface area contributed by atoms with Crippen LogP contribution in [0, 0.1) is 13.8 Å². The van der Waals surface area contributed by atoms with E-state index < -0.39 is 0 Å². The molecule has 0 atom stereocenters. The molecule has 31 heavy (non-hydrogen) atoms. The number of para-hydroxylation sites is 1. The van der Waals surface area contributed by atoms with Gasteiger partial charge in [-0.1, -0.05) is 53.6 Å². The maximum Gasteiger partial charge on any atom is 0.279 e. The number of rotatable bonds is 3. The average Bonchev–Trinajstić information content (AvgIpc) is 3.15. The maximum atomic E-state index is 13.0. The van der Waals surface area contributed by atoms with Crippen LogP contribution in [-0.4, -0.2) is 19.5 Å². The normalized spacial score (nSPS) is 11.2. The van der Waals surface area contributed by atoms with Crippen molar-refractivity contribution in [3.8, 4) is 28.5 Å². The lowest BCUT2D eigenvalue weighted by Gasteiger charge is -2.10. The van der Waals surface area contributed by atoms with E-state index >= 15 is 0 Å². The Kier molecular flexibility index (Phi) is 4.68. The van der Waals surface area contributed by atoms with Gasteiger partial charge in [0.1, 0.15) is 11.6 Å². The number of benzene rings is 3. The van der Waals surface area contributed by atoms with Crippen LogP contribution in [0.5, 0.6) is 0 Å². The van der Waals surface area contributed by atoms with Crippen LogP contribution in [0.2, 0.25) is 5.02 Å². The van der Waals surface area contributed by atoms with E-state index in [4.69, 9.17) is 16.6 Å². The van der Waals surface area contributed by atoms with Crippen LogP contribution in [0.25, 0.3) is 39.6 Å². The summed E-state index contributed by atoms with van der Waals surface area (Å²) in [5, 5.41) is 0.638. The number of imidazole rings is 1. The standard InChI is InChI=1S/C25H19ClN4O/c1-15-8-13-20(16(2)14-15)22-28-24-21(25(31)29-22)27-23(17-9-11-18(26)12-10-17)30(24)19-6-4-3-5-7-19/h3-14H,1-2H3,(H,28,29,31). The topological polar surface area (TPSA) is 63.6 Å². The Morgan fingerprint density at radius 2 is 1.65 bits per heavy atom. The van der Waals surface area contributed by atoms with Crippen LogP contribution in [-0.2, 0) is 0 Å². The molecule has 0 aliphatic rings. The smallest absolute Gasteiger partial charge is 0.279 e. The quantitative estimate of drug-likeness (QED) is 0.401. The van der Waals surface area contributed by atoms with Crippen molar-refractivity contribution in [2.75, 3.05) is 0 Å². The fraction of sp³-hybridized carbons (Fsp3) is 0.0800. The number of aryl methyl sites for hydroxylation is 2. The molecular weight excluding hydrogens is 408 g/mol. The van der Waals surface area contributed by atoms with Crippen molar-refractivity contribution in [1.82, 2.24) is 19.5 Å².